The van der Waals surface area contributed by atoms with E-state index in [0.717, 1.165) is 48.6 Å². The number of nitrogens with one attached hydrogen (secondary N) is 2. The zero-order chi connectivity index (χ0) is 16.2. The number of piperidine rings is 1. The zero-order valence-corrected chi connectivity index (χ0v) is 13.8. The van der Waals surface area contributed by atoms with Crippen molar-refractivity contribution in [3.63, 3.8) is 0 Å². The van der Waals surface area contributed by atoms with Crippen molar-refractivity contribution >= 4 is 5.91 Å². The van der Waals surface area contributed by atoms with Gasteiger partial charge in [0.1, 0.15) is 0 Å². The Balaban J connectivity index is 1.75. The van der Waals surface area contributed by atoms with E-state index in [2.05, 4.69) is 20.2 Å². The molecule has 122 valence electrons. The molecular formula is C18H24N4O. The summed E-state index contributed by atoms with van der Waals surface area (Å²) < 4.78 is 2.15. The maximum absolute atomic E-state index is 12.6. The number of carbonyl (C=O) groups is 1. The number of aryl methyl sites for hydroxylation is 1. The first-order valence-electron chi connectivity index (χ1n) is 8.23. The molecule has 1 aliphatic rings. The Bertz CT molecular complexity index is 672. The van der Waals surface area contributed by atoms with Crippen LogP contribution in [0.3, 0.4) is 0 Å². The Hall–Kier alpha value is -2.14. The van der Waals surface area contributed by atoms with E-state index in [4.69, 9.17) is 0 Å². The zero-order valence-electron chi connectivity index (χ0n) is 13.8. The predicted octanol–water partition coefficient (Wildman–Crippen LogP) is 2.03. The van der Waals surface area contributed by atoms with Gasteiger partial charge < -0.3 is 15.2 Å². The van der Waals surface area contributed by atoms with E-state index in [9.17, 15) is 4.79 Å². The average Bonchev–Trinajstić information content (AvgIpc) is 2.85. The van der Waals surface area contributed by atoms with Gasteiger partial charge in [-0.1, -0.05) is 6.07 Å². The first-order valence-corrected chi connectivity index (χ1v) is 8.23. The van der Waals surface area contributed by atoms with Crippen molar-refractivity contribution < 1.29 is 4.79 Å². The Labute approximate surface area is 137 Å². The normalized spacial score (nSPS) is 17.9. The molecule has 1 atom stereocenters. The fraction of sp³-hybridized carbons (Fsp3) is 0.444. The van der Waals surface area contributed by atoms with E-state index in [0.29, 0.717) is 6.54 Å². The molecule has 2 N–H and O–H groups in total. The monoisotopic (exact) mass is 312 g/mol. The molecule has 23 heavy (non-hydrogen) atoms. The van der Waals surface area contributed by atoms with Crippen LogP contribution in [0, 0.1) is 13.8 Å². The maximum Gasteiger partial charge on any atom is 0.253 e. The number of aromatic nitrogens is 2. The van der Waals surface area contributed by atoms with Gasteiger partial charge in [-0.15, -0.1) is 0 Å². The van der Waals surface area contributed by atoms with Gasteiger partial charge in [-0.2, -0.15) is 0 Å². The number of hydrogen-bond donors (Lipinski definition) is 2. The molecule has 0 radical (unpaired) electrons. The van der Waals surface area contributed by atoms with E-state index in [-0.39, 0.29) is 11.9 Å². The molecule has 0 saturated carbocycles. The molecule has 1 amide bonds. The molecule has 5 heteroatoms. The number of nitrogens with zero attached hydrogens (tertiary/aromatic N) is 2. The van der Waals surface area contributed by atoms with Crippen LogP contribution in [0.25, 0.3) is 0 Å². The number of carbonyl (C=O) groups excluding carboxylic acids is 1. The summed E-state index contributed by atoms with van der Waals surface area (Å²) in [6.07, 6.45) is 3.96. The predicted molar refractivity (Wildman–Crippen MR) is 90.6 cm³/mol. The molecule has 0 aliphatic carbocycles. The third kappa shape index (κ3) is 3.62. The Morgan fingerprint density at radius 3 is 3.00 bits per heavy atom. The van der Waals surface area contributed by atoms with Crippen molar-refractivity contribution in [2.24, 2.45) is 0 Å². The van der Waals surface area contributed by atoms with Gasteiger partial charge in [-0.05, 0) is 51.4 Å². The summed E-state index contributed by atoms with van der Waals surface area (Å²) >= 11 is 0. The molecule has 5 nitrogen and oxygen atoms in total. The first-order chi connectivity index (χ1) is 11.1. The van der Waals surface area contributed by atoms with Crippen LogP contribution >= 0.6 is 0 Å². The van der Waals surface area contributed by atoms with E-state index in [1.807, 2.05) is 38.1 Å². The van der Waals surface area contributed by atoms with Crippen molar-refractivity contribution in [3.05, 3.63) is 53.1 Å². The molecule has 3 rings (SSSR count). The van der Waals surface area contributed by atoms with E-state index in [1.54, 1.807) is 6.20 Å². The molecule has 1 saturated heterocycles. The Kier molecular flexibility index (Phi) is 4.76. The third-order valence-electron chi connectivity index (χ3n) is 4.50. The Morgan fingerprint density at radius 2 is 2.30 bits per heavy atom. The second kappa shape index (κ2) is 6.96. The van der Waals surface area contributed by atoms with Crippen LogP contribution in [0.15, 0.2) is 30.5 Å². The van der Waals surface area contributed by atoms with E-state index >= 15 is 0 Å². The van der Waals surface area contributed by atoms with Crippen molar-refractivity contribution in [2.45, 2.75) is 39.3 Å². The highest BCUT2D eigenvalue weighted by Gasteiger charge is 2.20. The lowest BCUT2D eigenvalue weighted by molar-refractivity contribution is 0.0930. The molecule has 2 aromatic rings. The highest BCUT2D eigenvalue weighted by atomic mass is 16.1. The molecule has 1 unspecified atom stereocenters. The minimum Gasteiger partial charge on any atom is -0.348 e. The number of pyridine rings is 1. The van der Waals surface area contributed by atoms with Gasteiger partial charge in [0.2, 0.25) is 0 Å². The van der Waals surface area contributed by atoms with Crippen LogP contribution in [0.2, 0.25) is 0 Å². The lowest BCUT2D eigenvalue weighted by atomic mass is 10.1. The molecule has 2 aromatic heterocycles. The molecule has 0 spiro atoms. The minimum absolute atomic E-state index is 0.0269. The second-order valence-electron chi connectivity index (χ2n) is 6.21. The van der Waals surface area contributed by atoms with Crippen LogP contribution in [-0.4, -0.2) is 34.6 Å². The van der Waals surface area contributed by atoms with Crippen LogP contribution < -0.4 is 10.6 Å². The van der Waals surface area contributed by atoms with Gasteiger partial charge in [-0.25, -0.2) is 0 Å². The molecule has 0 bridgehead atoms. The summed E-state index contributed by atoms with van der Waals surface area (Å²) in [5.74, 6) is 0.0269. The summed E-state index contributed by atoms with van der Waals surface area (Å²) in [6, 6.07) is 8.11. The van der Waals surface area contributed by atoms with Crippen LogP contribution in [-0.2, 0) is 6.54 Å². The summed E-state index contributed by atoms with van der Waals surface area (Å²) in [6.45, 7) is 6.64. The van der Waals surface area contributed by atoms with Gasteiger partial charge in [0.25, 0.3) is 5.91 Å². The van der Waals surface area contributed by atoms with Gasteiger partial charge in [0, 0.05) is 30.2 Å². The highest BCUT2D eigenvalue weighted by molar-refractivity contribution is 5.95. The van der Waals surface area contributed by atoms with Crippen LogP contribution in [0.5, 0.6) is 0 Å². The maximum atomic E-state index is 12.6. The van der Waals surface area contributed by atoms with E-state index in [1.165, 1.54) is 0 Å². The SMILES string of the molecule is Cc1cc(C(=O)NC2CCCNC2)c(C)n1Cc1ccccn1. The Morgan fingerprint density at radius 1 is 1.43 bits per heavy atom. The summed E-state index contributed by atoms with van der Waals surface area (Å²) in [5.41, 5.74) is 3.84. The topological polar surface area (TPSA) is 59.0 Å². The lowest BCUT2D eigenvalue weighted by Crippen LogP contribution is -2.45. The van der Waals surface area contributed by atoms with Crippen molar-refractivity contribution in [3.8, 4) is 0 Å². The molecule has 3 heterocycles. The quantitative estimate of drug-likeness (QED) is 0.908. The van der Waals surface area contributed by atoms with Gasteiger partial charge >= 0.3 is 0 Å². The number of amides is 1. The first kappa shape index (κ1) is 15.7. The van der Waals surface area contributed by atoms with Gasteiger partial charge in [0.05, 0.1) is 17.8 Å². The second-order valence-corrected chi connectivity index (χ2v) is 6.21. The standard InChI is InChI=1S/C18H24N4O/c1-13-10-17(18(23)21-15-7-5-8-19-11-15)14(2)22(13)12-16-6-3-4-9-20-16/h3-4,6,9-10,15,19H,5,7-8,11-12H2,1-2H3,(H,21,23). The summed E-state index contributed by atoms with van der Waals surface area (Å²) in [5, 5.41) is 6.48. The van der Waals surface area contributed by atoms with Crippen LogP contribution in [0.1, 0.15) is 40.3 Å². The van der Waals surface area contributed by atoms with Crippen molar-refractivity contribution in [1.29, 1.82) is 0 Å². The van der Waals surface area contributed by atoms with Crippen molar-refractivity contribution in [1.82, 2.24) is 20.2 Å². The summed E-state index contributed by atoms with van der Waals surface area (Å²) in [7, 11) is 0. The lowest BCUT2D eigenvalue weighted by Gasteiger charge is -2.23. The highest BCUT2D eigenvalue weighted by Crippen LogP contribution is 2.17. The van der Waals surface area contributed by atoms with Gasteiger partial charge in [-0.3, -0.25) is 9.78 Å². The smallest absolute Gasteiger partial charge is 0.253 e. The average molecular weight is 312 g/mol. The van der Waals surface area contributed by atoms with Crippen molar-refractivity contribution in [2.75, 3.05) is 13.1 Å². The minimum atomic E-state index is 0.0269. The molecule has 1 fully saturated rings. The molecular weight excluding hydrogens is 288 g/mol. The fourth-order valence-corrected chi connectivity index (χ4v) is 3.17. The van der Waals surface area contributed by atoms with Crippen LogP contribution in [0.4, 0.5) is 0 Å². The fourth-order valence-electron chi connectivity index (χ4n) is 3.17. The third-order valence-corrected chi connectivity index (χ3v) is 4.50. The van der Waals surface area contributed by atoms with E-state index < -0.39 is 0 Å². The number of hydrogen-bond acceptors (Lipinski definition) is 3. The van der Waals surface area contributed by atoms with Gasteiger partial charge in [0.15, 0.2) is 0 Å². The number of rotatable bonds is 4. The summed E-state index contributed by atoms with van der Waals surface area (Å²) in [4.78, 5) is 17.0. The molecule has 1 aliphatic heterocycles. The largest absolute Gasteiger partial charge is 0.348 e. The molecule has 0 aromatic carbocycles.